The van der Waals surface area contributed by atoms with Gasteiger partial charge in [0.25, 0.3) is 0 Å². The van der Waals surface area contributed by atoms with Crippen molar-refractivity contribution in [3.05, 3.63) is 0 Å². The summed E-state index contributed by atoms with van der Waals surface area (Å²) in [6.07, 6.45) is 0.760. The predicted octanol–water partition coefficient (Wildman–Crippen LogP) is -1.70. The van der Waals surface area contributed by atoms with Crippen LogP contribution in [0.4, 0.5) is 0 Å². The Bertz CT molecular complexity index is 106. The van der Waals surface area contributed by atoms with E-state index in [-0.39, 0.29) is 34.8 Å². The van der Waals surface area contributed by atoms with Gasteiger partial charge in [0.15, 0.2) is 0 Å². The summed E-state index contributed by atoms with van der Waals surface area (Å²) in [6, 6.07) is 0. The summed E-state index contributed by atoms with van der Waals surface area (Å²) in [4.78, 5) is 0. The van der Waals surface area contributed by atoms with Crippen LogP contribution < -0.4 is 29.6 Å². The molecule has 0 aliphatic carbocycles. The van der Waals surface area contributed by atoms with E-state index in [0.29, 0.717) is 5.92 Å². The molecule has 2 unspecified atom stereocenters. The van der Waals surface area contributed by atoms with Crippen LogP contribution in [0.25, 0.3) is 0 Å². The maximum absolute atomic E-state index is 10.2. The van der Waals surface area contributed by atoms with E-state index in [1.807, 2.05) is 13.8 Å². The molecule has 0 aliphatic heterocycles. The number of hydrogen-bond acceptors (Lipinski definition) is 2. The molecule has 0 saturated heterocycles. The molecule has 56 valence electrons. The van der Waals surface area contributed by atoms with Gasteiger partial charge < -0.3 is 4.55 Å². The molecule has 0 saturated carbocycles. The molecule has 0 aromatic carbocycles. The third-order valence-corrected chi connectivity index (χ3v) is 1.98. The molecule has 0 radical (unpaired) electrons. The van der Waals surface area contributed by atoms with Crippen LogP contribution in [0.15, 0.2) is 0 Å². The van der Waals surface area contributed by atoms with Crippen LogP contribution in [-0.4, -0.2) is 14.0 Å². The summed E-state index contributed by atoms with van der Waals surface area (Å²) in [5.41, 5.74) is 0. The topological polar surface area (TPSA) is 40.1 Å². The standard InChI is InChI=1S/C6H14O2S.Na/c1-5(2)4-6(3)9(7)8;/h5-6H,4H2,1-3H3,(H,7,8);/q;+1/p-1. The summed E-state index contributed by atoms with van der Waals surface area (Å²) >= 11 is -1.88. The van der Waals surface area contributed by atoms with Crippen molar-refractivity contribution in [1.29, 1.82) is 0 Å². The van der Waals surface area contributed by atoms with Crippen LogP contribution in [-0.2, 0) is 11.1 Å². The summed E-state index contributed by atoms with van der Waals surface area (Å²) in [7, 11) is 0. The van der Waals surface area contributed by atoms with Crippen molar-refractivity contribution < 1.29 is 38.3 Å². The van der Waals surface area contributed by atoms with Crippen molar-refractivity contribution >= 4 is 11.1 Å². The van der Waals surface area contributed by atoms with E-state index in [0.717, 1.165) is 6.42 Å². The van der Waals surface area contributed by atoms with Crippen LogP contribution in [0, 0.1) is 5.92 Å². The van der Waals surface area contributed by atoms with Gasteiger partial charge in [0, 0.05) is 5.25 Å². The molecule has 10 heavy (non-hydrogen) atoms. The van der Waals surface area contributed by atoms with E-state index in [2.05, 4.69) is 0 Å². The molecule has 0 rings (SSSR count). The second kappa shape index (κ2) is 6.80. The molecule has 2 nitrogen and oxygen atoms in total. The smallest absolute Gasteiger partial charge is 0.772 e. The molecule has 0 aromatic heterocycles. The molecule has 4 heteroatoms. The van der Waals surface area contributed by atoms with E-state index < -0.39 is 11.1 Å². The number of hydrogen-bond donors (Lipinski definition) is 0. The Balaban J connectivity index is 0. The molecule has 2 atom stereocenters. The average Bonchev–Trinajstić information content (AvgIpc) is 1.63. The zero-order chi connectivity index (χ0) is 7.44. The van der Waals surface area contributed by atoms with Crippen LogP contribution in [0.5, 0.6) is 0 Å². The van der Waals surface area contributed by atoms with Gasteiger partial charge in [-0.15, -0.1) is 0 Å². The first-order valence-electron chi connectivity index (χ1n) is 3.12. The van der Waals surface area contributed by atoms with Crippen LogP contribution in [0.2, 0.25) is 0 Å². The Morgan fingerprint density at radius 1 is 1.40 bits per heavy atom. The van der Waals surface area contributed by atoms with Crippen molar-refractivity contribution in [2.75, 3.05) is 0 Å². The molecule has 0 aromatic rings. The Morgan fingerprint density at radius 3 is 1.90 bits per heavy atom. The van der Waals surface area contributed by atoms with Gasteiger partial charge >= 0.3 is 29.6 Å². The van der Waals surface area contributed by atoms with E-state index >= 15 is 0 Å². The van der Waals surface area contributed by atoms with Gasteiger partial charge in [-0.2, -0.15) is 0 Å². The fourth-order valence-electron chi connectivity index (χ4n) is 0.742. The van der Waals surface area contributed by atoms with Gasteiger partial charge in [-0.05, 0) is 12.3 Å². The second-order valence-electron chi connectivity index (χ2n) is 2.70. The summed E-state index contributed by atoms with van der Waals surface area (Å²) < 4.78 is 20.5. The minimum Gasteiger partial charge on any atom is -0.772 e. The quantitative estimate of drug-likeness (QED) is 0.376. The Kier molecular flexibility index (Phi) is 9.30. The molecule has 0 N–H and O–H groups in total. The largest absolute Gasteiger partial charge is 1.00 e. The Labute approximate surface area is 87.4 Å². The molecule has 0 amide bonds. The maximum atomic E-state index is 10.2. The third-order valence-electron chi connectivity index (χ3n) is 1.13. The molecule has 0 spiro atoms. The van der Waals surface area contributed by atoms with Gasteiger partial charge in [-0.3, -0.25) is 4.21 Å². The van der Waals surface area contributed by atoms with E-state index in [1.54, 1.807) is 6.92 Å². The number of rotatable bonds is 3. The van der Waals surface area contributed by atoms with Crippen molar-refractivity contribution in [3.63, 3.8) is 0 Å². The fourth-order valence-corrected chi connectivity index (χ4v) is 1.28. The predicted molar refractivity (Wildman–Crippen MR) is 37.8 cm³/mol. The van der Waals surface area contributed by atoms with Gasteiger partial charge in [0.2, 0.25) is 0 Å². The second-order valence-corrected chi connectivity index (χ2v) is 4.03. The SMILES string of the molecule is CC(C)CC(C)S(=O)[O-].[Na+]. The molecule has 0 fully saturated rings. The van der Waals surface area contributed by atoms with Crippen LogP contribution >= 0.6 is 0 Å². The Morgan fingerprint density at radius 2 is 1.80 bits per heavy atom. The van der Waals surface area contributed by atoms with Crippen LogP contribution in [0.3, 0.4) is 0 Å². The van der Waals surface area contributed by atoms with Crippen molar-refractivity contribution in [1.82, 2.24) is 0 Å². The van der Waals surface area contributed by atoms with E-state index in [9.17, 15) is 8.76 Å². The molecule has 0 heterocycles. The van der Waals surface area contributed by atoms with Gasteiger partial charge in [-0.25, -0.2) is 0 Å². The Hall–Kier alpha value is 1.11. The monoisotopic (exact) mass is 172 g/mol. The molecular formula is C6H13NaO2S. The minimum absolute atomic E-state index is 0. The third kappa shape index (κ3) is 7.22. The van der Waals surface area contributed by atoms with E-state index in [4.69, 9.17) is 0 Å². The summed E-state index contributed by atoms with van der Waals surface area (Å²) in [6.45, 7) is 5.76. The first-order valence-corrected chi connectivity index (χ1v) is 4.26. The first-order chi connectivity index (χ1) is 4.04. The summed E-state index contributed by atoms with van der Waals surface area (Å²) in [5, 5.41) is -0.190. The summed E-state index contributed by atoms with van der Waals surface area (Å²) in [5.74, 6) is 0.470. The zero-order valence-electron chi connectivity index (χ0n) is 7.09. The van der Waals surface area contributed by atoms with Crippen molar-refractivity contribution in [2.24, 2.45) is 5.92 Å². The maximum Gasteiger partial charge on any atom is 1.00 e. The van der Waals surface area contributed by atoms with Crippen molar-refractivity contribution in [2.45, 2.75) is 32.4 Å². The molecular weight excluding hydrogens is 159 g/mol. The van der Waals surface area contributed by atoms with Crippen molar-refractivity contribution in [3.8, 4) is 0 Å². The molecule has 0 aliphatic rings. The van der Waals surface area contributed by atoms with E-state index in [1.165, 1.54) is 0 Å². The zero-order valence-corrected chi connectivity index (χ0v) is 9.90. The molecule has 0 bridgehead atoms. The average molecular weight is 172 g/mol. The van der Waals surface area contributed by atoms with Gasteiger partial charge in [0.1, 0.15) is 0 Å². The fraction of sp³-hybridized carbons (Fsp3) is 1.00. The normalized spacial score (nSPS) is 16.1. The van der Waals surface area contributed by atoms with Gasteiger partial charge in [-0.1, -0.05) is 31.9 Å². The minimum atomic E-state index is -1.88. The first kappa shape index (κ1) is 13.7. The van der Waals surface area contributed by atoms with Crippen LogP contribution in [0.1, 0.15) is 27.2 Å². The van der Waals surface area contributed by atoms with Gasteiger partial charge in [0.05, 0.1) is 0 Å².